The molecule has 0 fully saturated rings. The first kappa shape index (κ1) is 24.6. The van der Waals surface area contributed by atoms with Crippen LogP contribution in [0.5, 0.6) is 11.5 Å². The van der Waals surface area contributed by atoms with Gasteiger partial charge in [0.1, 0.15) is 5.03 Å². The number of hydrogen-bond acceptors (Lipinski definition) is 7. The second-order valence-corrected chi connectivity index (χ2v) is 9.09. The molecule has 35 heavy (non-hydrogen) atoms. The summed E-state index contributed by atoms with van der Waals surface area (Å²) in [7, 11) is 0. The largest absolute Gasteiger partial charge is 0.454 e. The number of fused-ring (bicyclic) bond motifs is 1. The van der Waals surface area contributed by atoms with Crippen LogP contribution in [0.25, 0.3) is 0 Å². The van der Waals surface area contributed by atoms with E-state index in [1.54, 1.807) is 36.5 Å². The van der Waals surface area contributed by atoms with Crippen LogP contribution in [0.15, 0.2) is 65.8 Å². The summed E-state index contributed by atoms with van der Waals surface area (Å²) < 4.78 is 16.3. The lowest BCUT2D eigenvalue weighted by molar-refractivity contribution is -0.113. The summed E-state index contributed by atoms with van der Waals surface area (Å²) >= 11 is 1.21. The molecular weight excluding hydrogens is 466 g/mol. The van der Waals surface area contributed by atoms with E-state index in [2.05, 4.69) is 15.6 Å². The third kappa shape index (κ3) is 6.97. The van der Waals surface area contributed by atoms with Gasteiger partial charge >= 0.3 is 0 Å². The minimum atomic E-state index is -0.249. The SMILES string of the molecule is CC(C)OCc1cccc(CNC(=O)c2cccnc2SCC(=O)Nc2ccc3c(c2)OCO3)c1. The van der Waals surface area contributed by atoms with Crippen LogP contribution in [-0.4, -0.2) is 35.4 Å². The Balaban J connectivity index is 1.31. The van der Waals surface area contributed by atoms with Gasteiger partial charge in [0, 0.05) is 24.5 Å². The number of ether oxygens (including phenoxy) is 3. The van der Waals surface area contributed by atoms with Crippen molar-refractivity contribution in [3.05, 3.63) is 77.5 Å². The summed E-state index contributed by atoms with van der Waals surface area (Å²) in [5, 5.41) is 6.26. The lowest BCUT2D eigenvalue weighted by Gasteiger charge is -2.11. The summed E-state index contributed by atoms with van der Waals surface area (Å²) in [6, 6.07) is 16.5. The third-order valence-corrected chi connectivity index (χ3v) is 6.05. The van der Waals surface area contributed by atoms with E-state index in [1.165, 1.54) is 11.8 Å². The topological polar surface area (TPSA) is 98.8 Å². The monoisotopic (exact) mass is 493 g/mol. The lowest BCUT2D eigenvalue weighted by atomic mass is 10.1. The van der Waals surface area contributed by atoms with Gasteiger partial charge in [-0.25, -0.2) is 4.98 Å². The molecule has 0 atom stereocenters. The average Bonchev–Trinajstić information content (AvgIpc) is 3.33. The zero-order valence-corrected chi connectivity index (χ0v) is 20.4. The summed E-state index contributed by atoms with van der Waals surface area (Å²) in [4.78, 5) is 29.6. The Kier molecular flexibility index (Phi) is 8.23. The number of aromatic nitrogens is 1. The van der Waals surface area contributed by atoms with E-state index in [9.17, 15) is 9.59 Å². The first-order chi connectivity index (χ1) is 17.0. The molecule has 0 radical (unpaired) electrons. The molecule has 1 aliphatic heterocycles. The van der Waals surface area contributed by atoms with Crippen LogP contribution in [0.4, 0.5) is 5.69 Å². The minimum absolute atomic E-state index is 0.101. The Morgan fingerprint density at radius 3 is 2.74 bits per heavy atom. The second kappa shape index (κ2) is 11.7. The Bertz CT molecular complexity index is 1200. The van der Waals surface area contributed by atoms with Crippen LogP contribution >= 0.6 is 11.8 Å². The number of nitrogens with zero attached hydrogens (tertiary/aromatic N) is 1. The molecule has 2 amide bonds. The van der Waals surface area contributed by atoms with Crippen LogP contribution in [0.1, 0.15) is 35.3 Å². The van der Waals surface area contributed by atoms with Gasteiger partial charge in [0.25, 0.3) is 5.91 Å². The van der Waals surface area contributed by atoms with E-state index in [0.29, 0.717) is 40.9 Å². The highest BCUT2D eigenvalue weighted by Gasteiger charge is 2.16. The van der Waals surface area contributed by atoms with Crippen molar-refractivity contribution >= 4 is 29.3 Å². The Hall–Kier alpha value is -3.56. The Morgan fingerprint density at radius 1 is 1.06 bits per heavy atom. The van der Waals surface area contributed by atoms with Crippen LogP contribution < -0.4 is 20.1 Å². The fourth-order valence-electron chi connectivity index (χ4n) is 3.35. The molecular formula is C26H27N3O5S. The minimum Gasteiger partial charge on any atom is -0.454 e. The molecule has 0 aliphatic carbocycles. The average molecular weight is 494 g/mol. The van der Waals surface area contributed by atoms with Crippen molar-refractivity contribution in [1.29, 1.82) is 0 Å². The fourth-order valence-corrected chi connectivity index (χ4v) is 4.15. The van der Waals surface area contributed by atoms with Gasteiger partial charge in [-0.2, -0.15) is 0 Å². The molecule has 0 bridgehead atoms. The molecule has 0 saturated carbocycles. The zero-order valence-electron chi connectivity index (χ0n) is 19.6. The number of carbonyl (C=O) groups excluding carboxylic acids is 2. The lowest BCUT2D eigenvalue weighted by Crippen LogP contribution is -2.24. The summed E-state index contributed by atoms with van der Waals surface area (Å²) in [6.07, 6.45) is 1.76. The number of anilines is 1. The smallest absolute Gasteiger partial charge is 0.254 e. The standard InChI is InChI=1S/C26H27N3O5S/c1-17(2)32-14-19-6-3-5-18(11-19)13-28-25(31)21-7-4-10-27-26(21)35-15-24(30)29-20-8-9-22-23(12-20)34-16-33-22/h3-12,17H,13-16H2,1-2H3,(H,28,31)(H,29,30). The molecule has 1 aliphatic rings. The van der Waals surface area contributed by atoms with E-state index in [1.807, 2.05) is 38.1 Å². The highest BCUT2D eigenvalue weighted by Crippen LogP contribution is 2.34. The molecule has 182 valence electrons. The molecule has 3 aromatic rings. The maximum Gasteiger partial charge on any atom is 0.254 e. The van der Waals surface area contributed by atoms with E-state index >= 15 is 0 Å². The van der Waals surface area contributed by atoms with Crippen LogP contribution in [0.2, 0.25) is 0 Å². The molecule has 2 heterocycles. The van der Waals surface area contributed by atoms with E-state index in [4.69, 9.17) is 14.2 Å². The van der Waals surface area contributed by atoms with Gasteiger partial charge in [-0.05, 0) is 49.2 Å². The predicted molar refractivity (Wildman–Crippen MR) is 134 cm³/mol. The second-order valence-electron chi connectivity index (χ2n) is 8.12. The molecule has 4 rings (SSSR count). The number of pyridine rings is 1. The fraction of sp³-hybridized carbons (Fsp3) is 0.269. The number of nitrogens with one attached hydrogen (secondary N) is 2. The summed E-state index contributed by atoms with van der Waals surface area (Å²) in [5.41, 5.74) is 3.06. The van der Waals surface area contributed by atoms with E-state index in [0.717, 1.165) is 11.1 Å². The van der Waals surface area contributed by atoms with E-state index in [-0.39, 0.29) is 30.5 Å². The maximum atomic E-state index is 12.9. The number of thioether (sulfide) groups is 1. The molecule has 0 unspecified atom stereocenters. The van der Waals surface area contributed by atoms with Gasteiger partial charge in [0.05, 0.1) is 24.0 Å². The predicted octanol–water partition coefficient (Wildman–Crippen LogP) is 4.40. The van der Waals surface area contributed by atoms with Crippen molar-refractivity contribution in [1.82, 2.24) is 10.3 Å². The number of carbonyl (C=O) groups is 2. The first-order valence-corrected chi connectivity index (χ1v) is 12.2. The quantitative estimate of drug-likeness (QED) is 0.404. The first-order valence-electron chi connectivity index (χ1n) is 11.2. The Morgan fingerprint density at radius 2 is 1.89 bits per heavy atom. The van der Waals surface area contributed by atoms with Crippen molar-refractivity contribution in [3.8, 4) is 11.5 Å². The number of benzene rings is 2. The van der Waals surface area contributed by atoms with Crippen LogP contribution in [0, 0.1) is 0 Å². The van der Waals surface area contributed by atoms with Gasteiger partial charge in [0.15, 0.2) is 11.5 Å². The third-order valence-electron chi connectivity index (χ3n) is 5.04. The molecule has 2 N–H and O–H groups in total. The van der Waals surface area contributed by atoms with Gasteiger partial charge in [-0.15, -0.1) is 0 Å². The molecule has 0 spiro atoms. The Labute approximate surface area is 208 Å². The summed E-state index contributed by atoms with van der Waals surface area (Å²) in [6.45, 7) is 5.06. The number of hydrogen-bond donors (Lipinski definition) is 2. The van der Waals surface area contributed by atoms with Crippen LogP contribution in [-0.2, 0) is 22.7 Å². The maximum absolute atomic E-state index is 12.9. The highest BCUT2D eigenvalue weighted by molar-refractivity contribution is 8.00. The normalized spacial score (nSPS) is 12.0. The van der Waals surface area contributed by atoms with Crippen molar-refractivity contribution in [2.75, 3.05) is 17.9 Å². The molecule has 0 saturated heterocycles. The molecule has 2 aromatic carbocycles. The van der Waals surface area contributed by atoms with Gasteiger partial charge < -0.3 is 24.8 Å². The molecule has 8 nitrogen and oxygen atoms in total. The van der Waals surface area contributed by atoms with Crippen molar-refractivity contribution in [3.63, 3.8) is 0 Å². The van der Waals surface area contributed by atoms with Gasteiger partial charge in [-0.1, -0.05) is 36.0 Å². The van der Waals surface area contributed by atoms with Crippen LogP contribution in [0.3, 0.4) is 0 Å². The number of rotatable bonds is 10. The molecule has 9 heteroatoms. The van der Waals surface area contributed by atoms with Crippen molar-refractivity contribution in [2.24, 2.45) is 0 Å². The number of amides is 2. The summed E-state index contributed by atoms with van der Waals surface area (Å²) in [5.74, 6) is 0.880. The molecule has 1 aromatic heterocycles. The zero-order chi connectivity index (χ0) is 24.6. The highest BCUT2D eigenvalue weighted by atomic mass is 32.2. The van der Waals surface area contributed by atoms with Gasteiger partial charge in [0.2, 0.25) is 12.7 Å². The van der Waals surface area contributed by atoms with Crippen molar-refractivity contribution < 1.29 is 23.8 Å². The van der Waals surface area contributed by atoms with E-state index < -0.39 is 0 Å². The van der Waals surface area contributed by atoms with Gasteiger partial charge in [-0.3, -0.25) is 9.59 Å². The van der Waals surface area contributed by atoms with Crippen molar-refractivity contribution in [2.45, 2.75) is 38.1 Å².